The Morgan fingerprint density at radius 2 is 2.16 bits per heavy atom. The van der Waals surface area contributed by atoms with Gasteiger partial charge in [-0.1, -0.05) is 23.7 Å². The van der Waals surface area contributed by atoms with E-state index in [2.05, 4.69) is 26.2 Å². The monoisotopic (exact) mass is 338 g/mol. The summed E-state index contributed by atoms with van der Waals surface area (Å²) < 4.78 is 0.704. The van der Waals surface area contributed by atoms with E-state index in [1.54, 1.807) is 24.4 Å². The molecule has 1 aromatic heterocycles. The molecule has 0 aliphatic carbocycles. The summed E-state index contributed by atoms with van der Waals surface area (Å²) in [6.07, 6.45) is 1.71. The van der Waals surface area contributed by atoms with Gasteiger partial charge in [0, 0.05) is 10.7 Å². The van der Waals surface area contributed by atoms with Gasteiger partial charge in [-0.2, -0.15) is 0 Å². The minimum Gasteiger partial charge on any atom is -0.346 e. The number of carbonyl (C=O) groups is 1. The van der Waals surface area contributed by atoms with Gasteiger partial charge in [0.2, 0.25) is 0 Å². The van der Waals surface area contributed by atoms with Crippen molar-refractivity contribution in [2.45, 2.75) is 13.5 Å². The molecule has 0 atom stereocenters. The quantitative estimate of drug-likeness (QED) is 0.925. The minimum atomic E-state index is -0.212. The average Bonchev–Trinajstić information content (AvgIpc) is 2.40. The summed E-state index contributed by atoms with van der Waals surface area (Å²) in [4.78, 5) is 16.3. The number of benzene rings is 1. The Bertz CT molecular complexity index is 616. The van der Waals surface area contributed by atoms with Crippen LogP contribution in [0, 0.1) is 6.92 Å². The van der Waals surface area contributed by atoms with Crippen LogP contribution in [0.5, 0.6) is 0 Å². The zero-order chi connectivity index (χ0) is 13.8. The highest BCUT2D eigenvalue weighted by Gasteiger charge is 2.12. The van der Waals surface area contributed by atoms with Crippen LogP contribution < -0.4 is 5.32 Å². The predicted octanol–water partition coefficient (Wildman–Crippen LogP) is 3.74. The number of hydrogen-bond donors (Lipinski definition) is 1. The van der Waals surface area contributed by atoms with Crippen molar-refractivity contribution in [2.24, 2.45) is 0 Å². The average molecular weight is 340 g/mol. The topological polar surface area (TPSA) is 42.0 Å². The van der Waals surface area contributed by atoms with Gasteiger partial charge in [-0.05, 0) is 46.6 Å². The zero-order valence-corrected chi connectivity index (χ0v) is 12.6. The smallest absolute Gasteiger partial charge is 0.253 e. The molecular weight excluding hydrogens is 328 g/mol. The van der Waals surface area contributed by atoms with E-state index in [9.17, 15) is 4.79 Å². The van der Waals surface area contributed by atoms with E-state index < -0.39 is 0 Å². The van der Waals surface area contributed by atoms with Gasteiger partial charge < -0.3 is 5.32 Å². The lowest BCUT2D eigenvalue weighted by Crippen LogP contribution is -2.24. The SMILES string of the molecule is Cc1cccnc1CNC(=O)c1cccc(Br)c1Cl. The van der Waals surface area contributed by atoms with Crippen LogP contribution in [0.3, 0.4) is 0 Å². The number of pyridine rings is 1. The molecule has 0 radical (unpaired) electrons. The molecule has 1 aromatic carbocycles. The summed E-state index contributed by atoms with van der Waals surface area (Å²) in [5.74, 6) is -0.212. The lowest BCUT2D eigenvalue weighted by atomic mass is 10.2. The Kier molecular flexibility index (Phi) is 4.56. The number of aromatic nitrogens is 1. The number of rotatable bonds is 3. The van der Waals surface area contributed by atoms with Crippen LogP contribution in [-0.2, 0) is 6.54 Å². The van der Waals surface area contributed by atoms with Crippen LogP contribution in [-0.4, -0.2) is 10.9 Å². The maximum Gasteiger partial charge on any atom is 0.253 e. The van der Waals surface area contributed by atoms with E-state index in [-0.39, 0.29) is 5.91 Å². The molecule has 5 heteroatoms. The molecule has 2 rings (SSSR count). The van der Waals surface area contributed by atoms with Crippen molar-refractivity contribution in [2.75, 3.05) is 0 Å². The highest BCUT2D eigenvalue weighted by atomic mass is 79.9. The fraction of sp³-hybridized carbons (Fsp3) is 0.143. The largest absolute Gasteiger partial charge is 0.346 e. The number of amides is 1. The van der Waals surface area contributed by atoms with Gasteiger partial charge in [-0.25, -0.2) is 0 Å². The van der Waals surface area contributed by atoms with E-state index in [0.717, 1.165) is 11.3 Å². The van der Waals surface area contributed by atoms with Gasteiger partial charge in [-0.15, -0.1) is 0 Å². The Morgan fingerprint density at radius 1 is 1.37 bits per heavy atom. The van der Waals surface area contributed by atoms with Gasteiger partial charge in [0.1, 0.15) is 0 Å². The maximum absolute atomic E-state index is 12.1. The molecule has 0 aliphatic heterocycles. The summed E-state index contributed by atoms with van der Waals surface area (Å²) in [6.45, 7) is 2.34. The fourth-order valence-corrected chi connectivity index (χ4v) is 2.22. The van der Waals surface area contributed by atoms with Crippen LogP contribution in [0.2, 0.25) is 5.02 Å². The molecule has 0 bridgehead atoms. The van der Waals surface area contributed by atoms with Crippen LogP contribution in [0.4, 0.5) is 0 Å². The van der Waals surface area contributed by atoms with Gasteiger partial charge in [0.15, 0.2) is 0 Å². The molecule has 19 heavy (non-hydrogen) atoms. The number of carbonyl (C=O) groups excluding carboxylic acids is 1. The highest BCUT2D eigenvalue weighted by molar-refractivity contribution is 9.10. The maximum atomic E-state index is 12.1. The molecule has 1 amide bonds. The molecule has 0 unspecified atom stereocenters. The van der Waals surface area contributed by atoms with Crippen molar-refractivity contribution in [3.63, 3.8) is 0 Å². The second-order valence-corrected chi connectivity index (χ2v) is 5.28. The minimum absolute atomic E-state index is 0.212. The first-order valence-electron chi connectivity index (χ1n) is 5.72. The van der Waals surface area contributed by atoms with Crippen molar-refractivity contribution < 1.29 is 4.79 Å². The van der Waals surface area contributed by atoms with Crippen LogP contribution in [0.1, 0.15) is 21.6 Å². The third kappa shape index (κ3) is 3.33. The third-order valence-electron chi connectivity index (χ3n) is 2.73. The first-order valence-corrected chi connectivity index (χ1v) is 6.89. The van der Waals surface area contributed by atoms with Crippen molar-refractivity contribution in [1.29, 1.82) is 0 Å². The zero-order valence-electron chi connectivity index (χ0n) is 10.3. The molecule has 0 saturated carbocycles. The Balaban J connectivity index is 2.10. The molecule has 0 fully saturated rings. The van der Waals surface area contributed by atoms with Crippen molar-refractivity contribution in [3.05, 3.63) is 62.8 Å². The summed E-state index contributed by atoms with van der Waals surface area (Å²) in [5.41, 5.74) is 2.34. The second-order valence-electron chi connectivity index (χ2n) is 4.05. The van der Waals surface area contributed by atoms with Gasteiger partial charge in [0.05, 0.1) is 22.8 Å². The highest BCUT2D eigenvalue weighted by Crippen LogP contribution is 2.25. The Hall–Kier alpha value is -1.39. The van der Waals surface area contributed by atoms with Crippen molar-refractivity contribution >= 4 is 33.4 Å². The second kappa shape index (κ2) is 6.17. The number of nitrogens with one attached hydrogen (secondary N) is 1. The number of hydrogen-bond acceptors (Lipinski definition) is 2. The molecule has 0 aliphatic rings. The summed E-state index contributed by atoms with van der Waals surface area (Å²) in [5, 5.41) is 3.23. The van der Waals surface area contributed by atoms with Crippen molar-refractivity contribution in [1.82, 2.24) is 10.3 Å². The Morgan fingerprint density at radius 3 is 2.89 bits per heavy atom. The normalized spacial score (nSPS) is 10.3. The summed E-state index contributed by atoms with van der Waals surface area (Å²) in [6, 6.07) is 9.08. The first-order chi connectivity index (χ1) is 9.09. The molecule has 0 spiro atoms. The van der Waals surface area contributed by atoms with Crippen LogP contribution >= 0.6 is 27.5 Å². The van der Waals surface area contributed by atoms with E-state index in [4.69, 9.17) is 11.6 Å². The van der Waals surface area contributed by atoms with Crippen molar-refractivity contribution in [3.8, 4) is 0 Å². The molecule has 3 nitrogen and oxygen atoms in total. The van der Waals surface area contributed by atoms with Gasteiger partial charge >= 0.3 is 0 Å². The molecule has 1 heterocycles. The lowest BCUT2D eigenvalue weighted by molar-refractivity contribution is 0.0950. The molecule has 0 saturated heterocycles. The standard InChI is InChI=1S/C14H12BrClN2O/c1-9-4-3-7-17-12(9)8-18-14(19)10-5-2-6-11(15)13(10)16/h2-7H,8H2,1H3,(H,18,19). The van der Waals surface area contributed by atoms with Crippen LogP contribution in [0.25, 0.3) is 0 Å². The van der Waals surface area contributed by atoms with E-state index in [1.807, 2.05) is 19.1 Å². The van der Waals surface area contributed by atoms with E-state index in [0.29, 0.717) is 21.6 Å². The third-order valence-corrected chi connectivity index (χ3v) is 4.03. The lowest BCUT2D eigenvalue weighted by Gasteiger charge is -2.08. The van der Waals surface area contributed by atoms with E-state index >= 15 is 0 Å². The first kappa shape index (κ1) is 14.0. The van der Waals surface area contributed by atoms with Crippen LogP contribution in [0.15, 0.2) is 41.0 Å². The van der Waals surface area contributed by atoms with Gasteiger partial charge in [-0.3, -0.25) is 9.78 Å². The molecule has 98 valence electrons. The Labute approximate surface area is 125 Å². The predicted molar refractivity (Wildman–Crippen MR) is 79.3 cm³/mol. The fourth-order valence-electron chi connectivity index (χ4n) is 1.64. The number of nitrogens with zero attached hydrogens (tertiary/aromatic N) is 1. The number of aryl methyl sites for hydroxylation is 1. The molecule has 1 N–H and O–H groups in total. The van der Waals surface area contributed by atoms with E-state index in [1.165, 1.54) is 0 Å². The summed E-state index contributed by atoms with van der Waals surface area (Å²) >= 11 is 9.38. The molecular formula is C14H12BrClN2O. The number of halogens is 2. The molecule has 2 aromatic rings. The summed E-state index contributed by atoms with van der Waals surface area (Å²) in [7, 11) is 0. The van der Waals surface area contributed by atoms with Gasteiger partial charge in [0.25, 0.3) is 5.91 Å².